The summed E-state index contributed by atoms with van der Waals surface area (Å²) in [6, 6.07) is 6.31. The van der Waals surface area contributed by atoms with Gasteiger partial charge in [0.2, 0.25) is 0 Å². The Balaban J connectivity index is 2.15. The molecule has 0 aromatic heterocycles. The Kier molecular flexibility index (Phi) is 2.73. The summed E-state index contributed by atoms with van der Waals surface area (Å²) in [4.78, 5) is 0. The fraction of sp³-hybridized carbons (Fsp3) is 0.500. The summed E-state index contributed by atoms with van der Waals surface area (Å²) in [5, 5.41) is 3.30. The molecule has 0 unspecified atom stereocenters. The monoisotopic (exact) mass is 191 g/mol. The Hall–Kier alpha value is -1.02. The zero-order valence-electron chi connectivity index (χ0n) is 8.84. The van der Waals surface area contributed by atoms with Crippen molar-refractivity contribution in [3.05, 3.63) is 29.3 Å². The van der Waals surface area contributed by atoms with Crippen LogP contribution in [0.15, 0.2) is 18.2 Å². The molecule has 76 valence electrons. The van der Waals surface area contributed by atoms with Crippen molar-refractivity contribution < 1.29 is 4.74 Å². The highest BCUT2D eigenvalue weighted by molar-refractivity contribution is 5.39. The van der Waals surface area contributed by atoms with Crippen LogP contribution in [0.1, 0.15) is 11.1 Å². The van der Waals surface area contributed by atoms with Gasteiger partial charge in [0, 0.05) is 0 Å². The smallest absolute Gasteiger partial charge is 0.122 e. The van der Waals surface area contributed by atoms with E-state index in [1.807, 2.05) is 6.07 Å². The van der Waals surface area contributed by atoms with Gasteiger partial charge < -0.3 is 10.1 Å². The first-order chi connectivity index (χ1) is 6.81. The molecular formula is C12H17NO. The predicted octanol–water partition coefficient (Wildman–Crippen LogP) is 1.77. The largest absolute Gasteiger partial charge is 0.496 e. The molecule has 1 aromatic rings. The van der Waals surface area contributed by atoms with Gasteiger partial charge in [0.15, 0.2) is 0 Å². The molecule has 0 saturated carbocycles. The summed E-state index contributed by atoms with van der Waals surface area (Å²) >= 11 is 0. The van der Waals surface area contributed by atoms with Crippen molar-refractivity contribution in [1.82, 2.24) is 5.32 Å². The highest BCUT2D eigenvalue weighted by Gasteiger charge is 2.18. The number of hydrogen-bond donors (Lipinski definition) is 1. The van der Waals surface area contributed by atoms with E-state index in [1.54, 1.807) is 7.11 Å². The molecule has 2 nitrogen and oxygen atoms in total. The molecule has 1 aliphatic heterocycles. The lowest BCUT2D eigenvalue weighted by Gasteiger charge is -2.27. The van der Waals surface area contributed by atoms with Crippen LogP contribution in [0.4, 0.5) is 0 Å². The van der Waals surface area contributed by atoms with E-state index in [-0.39, 0.29) is 0 Å². The Morgan fingerprint density at radius 2 is 2.21 bits per heavy atom. The summed E-state index contributed by atoms with van der Waals surface area (Å²) in [6.07, 6.45) is 1.18. The topological polar surface area (TPSA) is 21.3 Å². The minimum atomic E-state index is 0.820. The molecule has 0 spiro atoms. The van der Waals surface area contributed by atoms with Crippen molar-refractivity contribution in [2.75, 3.05) is 20.2 Å². The number of nitrogens with one attached hydrogen (secondary N) is 1. The molecule has 1 saturated heterocycles. The molecule has 0 amide bonds. The van der Waals surface area contributed by atoms with Crippen molar-refractivity contribution in [1.29, 1.82) is 0 Å². The van der Waals surface area contributed by atoms with Crippen molar-refractivity contribution >= 4 is 0 Å². The second kappa shape index (κ2) is 4.01. The first kappa shape index (κ1) is 9.53. The van der Waals surface area contributed by atoms with Gasteiger partial charge in [-0.05, 0) is 49.5 Å². The first-order valence-electron chi connectivity index (χ1n) is 5.14. The van der Waals surface area contributed by atoms with Gasteiger partial charge >= 0.3 is 0 Å². The summed E-state index contributed by atoms with van der Waals surface area (Å²) in [5.74, 6) is 1.83. The predicted molar refractivity (Wildman–Crippen MR) is 57.8 cm³/mol. The molecule has 0 aliphatic carbocycles. The zero-order chi connectivity index (χ0) is 9.97. The van der Waals surface area contributed by atoms with Crippen molar-refractivity contribution in [2.45, 2.75) is 13.3 Å². The van der Waals surface area contributed by atoms with Gasteiger partial charge in [0.25, 0.3) is 0 Å². The Bertz CT molecular complexity index is 318. The molecule has 0 bridgehead atoms. The highest BCUT2D eigenvalue weighted by Crippen LogP contribution is 2.23. The summed E-state index contributed by atoms with van der Waals surface area (Å²) in [5.41, 5.74) is 2.72. The Morgan fingerprint density at radius 3 is 2.79 bits per heavy atom. The fourth-order valence-electron chi connectivity index (χ4n) is 1.91. The Morgan fingerprint density at radius 1 is 1.43 bits per heavy atom. The third-order valence-electron chi connectivity index (χ3n) is 2.99. The van der Waals surface area contributed by atoms with Crippen molar-refractivity contribution in [2.24, 2.45) is 5.92 Å². The van der Waals surface area contributed by atoms with Crippen LogP contribution in [0.25, 0.3) is 0 Å². The normalized spacial score (nSPS) is 16.4. The molecule has 14 heavy (non-hydrogen) atoms. The molecule has 1 aliphatic rings. The number of hydrogen-bond acceptors (Lipinski definition) is 2. The van der Waals surface area contributed by atoms with Crippen molar-refractivity contribution in [3.63, 3.8) is 0 Å². The molecule has 1 N–H and O–H groups in total. The van der Waals surface area contributed by atoms with E-state index in [0.717, 1.165) is 24.8 Å². The highest BCUT2D eigenvalue weighted by atomic mass is 16.5. The van der Waals surface area contributed by atoms with Gasteiger partial charge in [-0.3, -0.25) is 0 Å². The number of ether oxygens (including phenoxy) is 1. The molecule has 1 fully saturated rings. The minimum absolute atomic E-state index is 0.820. The van der Waals surface area contributed by atoms with Crippen LogP contribution >= 0.6 is 0 Å². The SMILES string of the molecule is COc1cccc(CC2CNC2)c1C. The molecule has 2 heteroatoms. The molecule has 0 radical (unpaired) electrons. The lowest BCUT2D eigenvalue weighted by molar-refractivity contribution is 0.345. The third kappa shape index (κ3) is 1.75. The maximum Gasteiger partial charge on any atom is 0.122 e. The lowest BCUT2D eigenvalue weighted by Crippen LogP contribution is -2.43. The van der Waals surface area contributed by atoms with Gasteiger partial charge in [0.05, 0.1) is 7.11 Å². The quantitative estimate of drug-likeness (QED) is 0.786. The average molecular weight is 191 g/mol. The molecule has 1 aromatic carbocycles. The van der Waals surface area contributed by atoms with E-state index in [4.69, 9.17) is 4.74 Å². The minimum Gasteiger partial charge on any atom is -0.496 e. The number of benzene rings is 1. The van der Waals surface area contributed by atoms with Crippen LogP contribution in [0.3, 0.4) is 0 Å². The zero-order valence-corrected chi connectivity index (χ0v) is 8.84. The molecular weight excluding hydrogens is 174 g/mol. The van der Waals surface area contributed by atoms with Gasteiger partial charge in [-0.15, -0.1) is 0 Å². The lowest BCUT2D eigenvalue weighted by atomic mass is 9.92. The second-order valence-electron chi connectivity index (χ2n) is 3.97. The molecule has 2 rings (SSSR count). The van der Waals surface area contributed by atoms with Gasteiger partial charge in [-0.1, -0.05) is 12.1 Å². The molecule has 0 atom stereocenters. The maximum absolute atomic E-state index is 5.30. The standard InChI is InChI=1S/C12H17NO/c1-9-11(6-10-7-13-8-10)4-3-5-12(9)14-2/h3-5,10,13H,6-8H2,1-2H3. The Labute approximate surface area is 85.3 Å². The van der Waals surface area contributed by atoms with Gasteiger partial charge in [0.1, 0.15) is 5.75 Å². The fourth-order valence-corrected chi connectivity index (χ4v) is 1.91. The van der Waals surface area contributed by atoms with Gasteiger partial charge in [-0.25, -0.2) is 0 Å². The maximum atomic E-state index is 5.30. The van der Waals surface area contributed by atoms with E-state index < -0.39 is 0 Å². The number of rotatable bonds is 3. The van der Waals surface area contributed by atoms with Crippen LogP contribution in [0.5, 0.6) is 5.75 Å². The van der Waals surface area contributed by atoms with Crippen LogP contribution < -0.4 is 10.1 Å². The van der Waals surface area contributed by atoms with E-state index in [0.29, 0.717) is 0 Å². The summed E-state index contributed by atoms with van der Waals surface area (Å²) < 4.78 is 5.30. The van der Waals surface area contributed by atoms with E-state index in [2.05, 4.69) is 24.4 Å². The van der Waals surface area contributed by atoms with Gasteiger partial charge in [-0.2, -0.15) is 0 Å². The second-order valence-corrected chi connectivity index (χ2v) is 3.97. The molecule has 1 heterocycles. The first-order valence-corrected chi connectivity index (χ1v) is 5.14. The summed E-state index contributed by atoms with van der Waals surface area (Å²) in [6.45, 7) is 4.47. The van der Waals surface area contributed by atoms with Crippen molar-refractivity contribution in [3.8, 4) is 5.75 Å². The van der Waals surface area contributed by atoms with E-state index >= 15 is 0 Å². The van der Waals surface area contributed by atoms with Crippen LogP contribution in [-0.4, -0.2) is 20.2 Å². The van der Waals surface area contributed by atoms with Crippen LogP contribution in [-0.2, 0) is 6.42 Å². The average Bonchev–Trinajstić information content (AvgIpc) is 2.13. The number of methoxy groups -OCH3 is 1. The summed E-state index contributed by atoms with van der Waals surface area (Å²) in [7, 11) is 1.73. The van der Waals surface area contributed by atoms with Crippen LogP contribution in [0.2, 0.25) is 0 Å². The van der Waals surface area contributed by atoms with Crippen LogP contribution in [0, 0.1) is 12.8 Å². The third-order valence-corrected chi connectivity index (χ3v) is 2.99. The van der Waals surface area contributed by atoms with E-state index in [1.165, 1.54) is 17.5 Å². The van der Waals surface area contributed by atoms with E-state index in [9.17, 15) is 0 Å².